The predicted molar refractivity (Wildman–Crippen MR) is 93.8 cm³/mol. The summed E-state index contributed by atoms with van der Waals surface area (Å²) in [4.78, 5) is 14.7. The van der Waals surface area contributed by atoms with Crippen LogP contribution in [-0.2, 0) is 0 Å². The summed E-state index contributed by atoms with van der Waals surface area (Å²) in [5, 5.41) is 0. The van der Waals surface area contributed by atoms with E-state index in [1.54, 1.807) is 0 Å². The van der Waals surface area contributed by atoms with Crippen LogP contribution in [0.2, 0.25) is 0 Å². The summed E-state index contributed by atoms with van der Waals surface area (Å²) < 4.78 is 1.06. The number of rotatable bonds is 9. The monoisotopic (exact) mass is 353 g/mol. The number of unbranched alkanes of at least 4 members (excludes halogenated alkanes) is 4. The molecule has 0 N–H and O–H groups in total. The quantitative estimate of drug-likeness (QED) is 0.530. The second-order valence-electron chi connectivity index (χ2n) is 5.67. The Morgan fingerprint density at radius 3 is 2.10 bits per heavy atom. The van der Waals surface area contributed by atoms with Gasteiger partial charge >= 0.3 is 0 Å². The van der Waals surface area contributed by atoms with Crippen molar-refractivity contribution in [3.05, 3.63) is 33.8 Å². The maximum atomic E-state index is 12.7. The number of hydrogen-bond donors (Lipinski definition) is 0. The van der Waals surface area contributed by atoms with Crippen molar-refractivity contribution >= 4 is 21.8 Å². The fourth-order valence-electron chi connectivity index (χ4n) is 2.38. The SMILES string of the molecule is CCCCCN(CCCCC)C(=O)c1ccc(Br)c(C)c1. The maximum absolute atomic E-state index is 12.7. The number of amides is 1. The Balaban J connectivity index is 2.73. The van der Waals surface area contributed by atoms with Gasteiger partial charge in [0.1, 0.15) is 0 Å². The van der Waals surface area contributed by atoms with E-state index in [-0.39, 0.29) is 5.91 Å². The normalized spacial score (nSPS) is 10.7. The average Bonchev–Trinajstić information content (AvgIpc) is 2.48. The first-order valence-corrected chi connectivity index (χ1v) is 8.94. The summed E-state index contributed by atoms with van der Waals surface area (Å²) in [6.07, 6.45) is 6.96. The fraction of sp³-hybridized carbons (Fsp3) is 0.611. The molecule has 0 aliphatic carbocycles. The van der Waals surface area contributed by atoms with Crippen molar-refractivity contribution in [2.45, 2.75) is 59.3 Å². The molecule has 1 aromatic carbocycles. The Labute approximate surface area is 138 Å². The predicted octanol–water partition coefficient (Wildman–Crippen LogP) is 5.58. The second kappa shape index (κ2) is 9.99. The number of nitrogens with zero attached hydrogens (tertiary/aromatic N) is 1. The van der Waals surface area contributed by atoms with E-state index in [0.29, 0.717) is 0 Å². The zero-order chi connectivity index (χ0) is 15.7. The van der Waals surface area contributed by atoms with Crippen LogP contribution in [0.5, 0.6) is 0 Å². The number of benzene rings is 1. The first-order chi connectivity index (χ1) is 10.1. The number of halogens is 1. The lowest BCUT2D eigenvalue weighted by atomic mass is 10.1. The lowest BCUT2D eigenvalue weighted by Crippen LogP contribution is -2.33. The topological polar surface area (TPSA) is 20.3 Å². The molecule has 1 rings (SSSR count). The molecule has 0 saturated carbocycles. The Morgan fingerprint density at radius 2 is 1.62 bits per heavy atom. The third-order valence-electron chi connectivity index (χ3n) is 3.76. The van der Waals surface area contributed by atoms with E-state index in [0.717, 1.165) is 41.5 Å². The van der Waals surface area contributed by atoms with Gasteiger partial charge in [0.05, 0.1) is 0 Å². The zero-order valence-electron chi connectivity index (χ0n) is 13.6. The minimum atomic E-state index is 0.179. The minimum absolute atomic E-state index is 0.179. The van der Waals surface area contributed by atoms with Gasteiger partial charge in [0, 0.05) is 23.1 Å². The first-order valence-electron chi connectivity index (χ1n) is 8.15. The molecule has 0 unspecified atom stereocenters. The summed E-state index contributed by atoms with van der Waals surface area (Å²) in [6, 6.07) is 5.88. The number of hydrogen-bond acceptors (Lipinski definition) is 1. The van der Waals surface area contributed by atoms with Crippen LogP contribution in [0.15, 0.2) is 22.7 Å². The molecule has 3 heteroatoms. The van der Waals surface area contributed by atoms with Crippen molar-refractivity contribution in [1.82, 2.24) is 4.90 Å². The number of carbonyl (C=O) groups excluding carboxylic acids is 1. The fourth-order valence-corrected chi connectivity index (χ4v) is 2.63. The van der Waals surface area contributed by atoms with Crippen LogP contribution in [0, 0.1) is 6.92 Å². The van der Waals surface area contributed by atoms with E-state index >= 15 is 0 Å². The van der Waals surface area contributed by atoms with E-state index in [1.807, 2.05) is 30.0 Å². The highest BCUT2D eigenvalue weighted by Gasteiger charge is 2.15. The first kappa shape index (κ1) is 18.2. The second-order valence-corrected chi connectivity index (χ2v) is 6.52. The number of aryl methyl sites for hydroxylation is 1. The van der Waals surface area contributed by atoms with E-state index in [2.05, 4.69) is 29.8 Å². The van der Waals surface area contributed by atoms with Crippen LogP contribution < -0.4 is 0 Å². The smallest absolute Gasteiger partial charge is 0.253 e. The third-order valence-corrected chi connectivity index (χ3v) is 4.65. The molecule has 0 aliphatic heterocycles. The van der Waals surface area contributed by atoms with Gasteiger partial charge in [-0.3, -0.25) is 4.79 Å². The lowest BCUT2D eigenvalue weighted by Gasteiger charge is -2.23. The molecule has 1 aromatic rings. The Bertz CT molecular complexity index is 435. The molecule has 1 amide bonds. The Kier molecular flexibility index (Phi) is 8.67. The van der Waals surface area contributed by atoms with Crippen LogP contribution >= 0.6 is 15.9 Å². The third kappa shape index (κ3) is 6.21. The lowest BCUT2D eigenvalue weighted by molar-refractivity contribution is 0.0749. The maximum Gasteiger partial charge on any atom is 0.253 e. The van der Waals surface area contributed by atoms with Crippen molar-refractivity contribution < 1.29 is 4.79 Å². The largest absolute Gasteiger partial charge is 0.339 e. The zero-order valence-corrected chi connectivity index (χ0v) is 15.2. The standard InChI is InChI=1S/C18H28BrNO/c1-4-6-8-12-20(13-9-7-5-2)18(21)16-10-11-17(19)15(3)14-16/h10-11,14H,4-9,12-13H2,1-3H3. The van der Waals surface area contributed by atoms with Crippen molar-refractivity contribution in [3.63, 3.8) is 0 Å². The molecule has 0 aliphatic rings. The molecule has 0 atom stereocenters. The molecule has 0 bridgehead atoms. The van der Waals surface area contributed by atoms with E-state index < -0.39 is 0 Å². The van der Waals surface area contributed by atoms with Gasteiger partial charge in [-0.1, -0.05) is 55.5 Å². The molecule has 2 nitrogen and oxygen atoms in total. The van der Waals surface area contributed by atoms with E-state index in [9.17, 15) is 4.79 Å². The van der Waals surface area contributed by atoms with Gasteiger partial charge in [-0.05, 0) is 43.5 Å². The molecule has 118 valence electrons. The highest BCUT2D eigenvalue weighted by molar-refractivity contribution is 9.10. The van der Waals surface area contributed by atoms with Gasteiger partial charge in [-0.15, -0.1) is 0 Å². The van der Waals surface area contributed by atoms with Crippen LogP contribution in [0.3, 0.4) is 0 Å². The minimum Gasteiger partial charge on any atom is -0.339 e. The summed E-state index contributed by atoms with van der Waals surface area (Å²) in [7, 11) is 0. The van der Waals surface area contributed by atoms with Crippen molar-refractivity contribution in [2.75, 3.05) is 13.1 Å². The van der Waals surface area contributed by atoms with Crippen LogP contribution in [0.1, 0.15) is 68.3 Å². The number of carbonyl (C=O) groups is 1. The Morgan fingerprint density at radius 1 is 1.05 bits per heavy atom. The van der Waals surface area contributed by atoms with Gasteiger partial charge in [0.25, 0.3) is 5.91 Å². The van der Waals surface area contributed by atoms with Crippen LogP contribution in [0.25, 0.3) is 0 Å². The molecule has 0 aromatic heterocycles. The molecular formula is C18H28BrNO. The van der Waals surface area contributed by atoms with Crippen LogP contribution in [-0.4, -0.2) is 23.9 Å². The molecular weight excluding hydrogens is 326 g/mol. The summed E-state index contributed by atoms with van der Waals surface area (Å²) >= 11 is 3.49. The van der Waals surface area contributed by atoms with Gasteiger partial charge in [-0.25, -0.2) is 0 Å². The highest BCUT2D eigenvalue weighted by atomic mass is 79.9. The molecule has 0 saturated heterocycles. The summed E-state index contributed by atoms with van der Waals surface area (Å²) in [5.41, 5.74) is 1.92. The van der Waals surface area contributed by atoms with E-state index in [4.69, 9.17) is 0 Å². The van der Waals surface area contributed by atoms with Gasteiger partial charge in [0.2, 0.25) is 0 Å². The summed E-state index contributed by atoms with van der Waals surface area (Å²) in [6.45, 7) is 8.18. The average molecular weight is 354 g/mol. The Hall–Kier alpha value is -0.830. The molecule has 0 spiro atoms. The van der Waals surface area contributed by atoms with Crippen LogP contribution in [0.4, 0.5) is 0 Å². The van der Waals surface area contributed by atoms with Gasteiger partial charge < -0.3 is 4.90 Å². The van der Waals surface area contributed by atoms with Gasteiger partial charge in [-0.2, -0.15) is 0 Å². The molecule has 0 heterocycles. The van der Waals surface area contributed by atoms with Crippen molar-refractivity contribution in [1.29, 1.82) is 0 Å². The summed E-state index contributed by atoms with van der Waals surface area (Å²) in [5.74, 6) is 0.179. The van der Waals surface area contributed by atoms with E-state index in [1.165, 1.54) is 25.7 Å². The van der Waals surface area contributed by atoms with Crippen molar-refractivity contribution in [3.8, 4) is 0 Å². The molecule has 0 fully saturated rings. The molecule has 0 radical (unpaired) electrons. The molecule has 21 heavy (non-hydrogen) atoms. The van der Waals surface area contributed by atoms with Crippen molar-refractivity contribution in [2.24, 2.45) is 0 Å². The van der Waals surface area contributed by atoms with Gasteiger partial charge in [0.15, 0.2) is 0 Å². The highest BCUT2D eigenvalue weighted by Crippen LogP contribution is 2.18.